The van der Waals surface area contributed by atoms with Gasteiger partial charge in [0.2, 0.25) is 0 Å². The molecule has 3 nitrogen and oxygen atoms in total. The first-order valence-corrected chi connectivity index (χ1v) is 4.61. The Balaban J connectivity index is 2.41. The highest BCUT2D eigenvalue weighted by atomic mass is 16.5. The van der Waals surface area contributed by atoms with E-state index in [1.807, 2.05) is 19.1 Å². The van der Waals surface area contributed by atoms with Crippen molar-refractivity contribution in [1.82, 2.24) is 0 Å². The third kappa shape index (κ3) is 3.36. The minimum atomic E-state index is 0.0413. The molecule has 0 heterocycles. The lowest BCUT2D eigenvalue weighted by Crippen LogP contribution is -2.14. The third-order valence-electron chi connectivity index (χ3n) is 1.92. The molecule has 0 aliphatic heterocycles. The van der Waals surface area contributed by atoms with Crippen LogP contribution < -0.4 is 0 Å². The minimum Gasteiger partial charge on any atom is -0.508 e. The first kappa shape index (κ1) is 11.0. The Bertz CT molecular complexity index is 273. The average molecular weight is 196 g/mol. The molecule has 1 unspecified atom stereocenters. The largest absolute Gasteiger partial charge is 0.508 e. The monoisotopic (exact) mass is 196 g/mol. The van der Waals surface area contributed by atoms with Crippen LogP contribution in [0.3, 0.4) is 0 Å². The molecular formula is C11H16O3. The highest BCUT2D eigenvalue weighted by Gasteiger charge is 2.04. The molecule has 0 aliphatic rings. The Labute approximate surface area is 84.3 Å². The van der Waals surface area contributed by atoms with Gasteiger partial charge in [0.1, 0.15) is 5.75 Å². The van der Waals surface area contributed by atoms with E-state index in [2.05, 4.69) is 0 Å². The lowest BCUT2D eigenvalue weighted by molar-refractivity contribution is -0.000719. The van der Waals surface area contributed by atoms with Crippen molar-refractivity contribution in [1.29, 1.82) is 0 Å². The van der Waals surface area contributed by atoms with Gasteiger partial charge in [0.25, 0.3) is 0 Å². The van der Waals surface area contributed by atoms with E-state index in [1.165, 1.54) is 0 Å². The average Bonchev–Trinajstić information content (AvgIpc) is 2.17. The highest BCUT2D eigenvalue weighted by molar-refractivity contribution is 5.30. The standard InChI is InChI=1S/C11H16O3/c1-9(7-13-2)14-8-10-5-3-4-6-11(10)12/h3-6,9,12H,7-8H2,1-2H3. The fourth-order valence-electron chi connectivity index (χ4n) is 1.15. The molecule has 1 atom stereocenters. The van der Waals surface area contributed by atoms with Crippen LogP contribution in [0, 0.1) is 0 Å². The first-order valence-electron chi connectivity index (χ1n) is 4.61. The number of phenolic OH excluding ortho intramolecular Hbond substituents is 1. The molecular weight excluding hydrogens is 180 g/mol. The summed E-state index contributed by atoms with van der Waals surface area (Å²) in [6.07, 6.45) is 0.0413. The fraction of sp³-hybridized carbons (Fsp3) is 0.455. The van der Waals surface area contributed by atoms with Gasteiger partial charge in [-0.1, -0.05) is 18.2 Å². The van der Waals surface area contributed by atoms with Crippen LogP contribution in [0.5, 0.6) is 5.75 Å². The van der Waals surface area contributed by atoms with E-state index in [-0.39, 0.29) is 11.9 Å². The molecule has 78 valence electrons. The lowest BCUT2D eigenvalue weighted by Gasteiger charge is -2.12. The van der Waals surface area contributed by atoms with E-state index in [9.17, 15) is 5.11 Å². The van der Waals surface area contributed by atoms with Gasteiger partial charge < -0.3 is 14.6 Å². The quantitative estimate of drug-likeness (QED) is 0.782. The molecule has 14 heavy (non-hydrogen) atoms. The number of ether oxygens (including phenoxy) is 2. The second kappa shape index (κ2) is 5.62. The number of rotatable bonds is 5. The van der Waals surface area contributed by atoms with Gasteiger partial charge in [-0.05, 0) is 13.0 Å². The Kier molecular flexibility index (Phi) is 4.43. The summed E-state index contributed by atoms with van der Waals surface area (Å²) in [7, 11) is 1.64. The number of hydrogen-bond acceptors (Lipinski definition) is 3. The Hall–Kier alpha value is -1.06. The number of methoxy groups -OCH3 is 1. The van der Waals surface area contributed by atoms with Crippen molar-refractivity contribution in [3.8, 4) is 5.75 Å². The molecule has 0 spiro atoms. The Morgan fingerprint density at radius 3 is 2.71 bits per heavy atom. The molecule has 0 saturated carbocycles. The molecule has 0 saturated heterocycles. The third-order valence-corrected chi connectivity index (χ3v) is 1.92. The molecule has 0 fully saturated rings. The van der Waals surface area contributed by atoms with Crippen LogP contribution in [0.2, 0.25) is 0 Å². The maximum atomic E-state index is 9.44. The number of benzene rings is 1. The van der Waals surface area contributed by atoms with Gasteiger partial charge in [0, 0.05) is 12.7 Å². The van der Waals surface area contributed by atoms with E-state index >= 15 is 0 Å². The molecule has 1 aromatic carbocycles. The van der Waals surface area contributed by atoms with Crippen LogP contribution in [-0.4, -0.2) is 24.9 Å². The molecule has 1 aromatic rings. The summed E-state index contributed by atoms with van der Waals surface area (Å²) in [6.45, 7) is 2.91. The van der Waals surface area contributed by atoms with Gasteiger partial charge in [-0.3, -0.25) is 0 Å². The van der Waals surface area contributed by atoms with Gasteiger partial charge in [-0.25, -0.2) is 0 Å². The molecule has 0 radical (unpaired) electrons. The van der Waals surface area contributed by atoms with Crippen molar-refractivity contribution >= 4 is 0 Å². The maximum absolute atomic E-state index is 9.44. The van der Waals surface area contributed by atoms with Gasteiger partial charge >= 0.3 is 0 Å². The van der Waals surface area contributed by atoms with Crippen molar-refractivity contribution in [2.75, 3.05) is 13.7 Å². The second-order valence-electron chi connectivity index (χ2n) is 3.21. The van der Waals surface area contributed by atoms with Crippen molar-refractivity contribution in [3.05, 3.63) is 29.8 Å². The van der Waals surface area contributed by atoms with Crippen molar-refractivity contribution in [2.45, 2.75) is 19.6 Å². The van der Waals surface area contributed by atoms with Gasteiger partial charge in [0.05, 0.1) is 19.3 Å². The van der Waals surface area contributed by atoms with Crippen molar-refractivity contribution in [3.63, 3.8) is 0 Å². The first-order chi connectivity index (χ1) is 6.74. The predicted octanol–water partition coefficient (Wildman–Crippen LogP) is 1.94. The van der Waals surface area contributed by atoms with Crippen LogP contribution in [0.4, 0.5) is 0 Å². The van der Waals surface area contributed by atoms with Crippen LogP contribution in [0.15, 0.2) is 24.3 Å². The Morgan fingerprint density at radius 1 is 1.36 bits per heavy atom. The van der Waals surface area contributed by atoms with Gasteiger partial charge in [-0.2, -0.15) is 0 Å². The lowest BCUT2D eigenvalue weighted by atomic mass is 10.2. The fourth-order valence-corrected chi connectivity index (χ4v) is 1.15. The Morgan fingerprint density at radius 2 is 2.07 bits per heavy atom. The van der Waals surface area contributed by atoms with E-state index < -0.39 is 0 Å². The topological polar surface area (TPSA) is 38.7 Å². The number of para-hydroxylation sites is 1. The molecule has 0 amide bonds. The van der Waals surface area contributed by atoms with E-state index in [0.29, 0.717) is 13.2 Å². The number of hydrogen-bond donors (Lipinski definition) is 1. The van der Waals surface area contributed by atoms with Crippen LogP contribution in [0.25, 0.3) is 0 Å². The summed E-state index contributed by atoms with van der Waals surface area (Å²) in [5, 5.41) is 9.44. The van der Waals surface area contributed by atoms with Crippen molar-refractivity contribution in [2.24, 2.45) is 0 Å². The summed E-state index contributed by atoms with van der Waals surface area (Å²) in [5.74, 6) is 0.275. The summed E-state index contributed by atoms with van der Waals surface area (Å²) in [6, 6.07) is 7.16. The molecule has 0 bridgehead atoms. The SMILES string of the molecule is COCC(C)OCc1ccccc1O. The van der Waals surface area contributed by atoms with Gasteiger partial charge in [0.15, 0.2) is 0 Å². The van der Waals surface area contributed by atoms with Crippen LogP contribution >= 0.6 is 0 Å². The zero-order chi connectivity index (χ0) is 10.4. The zero-order valence-corrected chi connectivity index (χ0v) is 8.56. The molecule has 0 aromatic heterocycles. The van der Waals surface area contributed by atoms with E-state index in [1.54, 1.807) is 19.2 Å². The smallest absolute Gasteiger partial charge is 0.121 e. The van der Waals surface area contributed by atoms with Crippen molar-refractivity contribution < 1.29 is 14.6 Å². The molecule has 0 aliphatic carbocycles. The van der Waals surface area contributed by atoms with Crippen LogP contribution in [-0.2, 0) is 16.1 Å². The maximum Gasteiger partial charge on any atom is 0.121 e. The predicted molar refractivity (Wildman–Crippen MR) is 54.2 cm³/mol. The summed E-state index contributed by atoms with van der Waals surface area (Å²) < 4.78 is 10.4. The van der Waals surface area contributed by atoms with Gasteiger partial charge in [-0.15, -0.1) is 0 Å². The molecule has 1 rings (SSSR count). The second-order valence-corrected chi connectivity index (χ2v) is 3.21. The molecule has 1 N–H and O–H groups in total. The number of aromatic hydroxyl groups is 1. The summed E-state index contributed by atoms with van der Waals surface area (Å²) in [5.41, 5.74) is 0.801. The van der Waals surface area contributed by atoms with Crippen LogP contribution in [0.1, 0.15) is 12.5 Å². The van der Waals surface area contributed by atoms with E-state index in [0.717, 1.165) is 5.56 Å². The number of phenols is 1. The summed E-state index contributed by atoms with van der Waals surface area (Å²) in [4.78, 5) is 0. The van der Waals surface area contributed by atoms with E-state index in [4.69, 9.17) is 9.47 Å². The normalized spacial score (nSPS) is 12.7. The zero-order valence-electron chi connectivity index (χ0n) is 8.56. The molecule has 3 heteroatoms. The highest BCUT2D eigenvalue weighted by Crippen LogP contribution is 2.16. The minimum absolute atomic E-state index is 0.0413. The summed E-state index contributed by atoms with van der Waals surface area (Å²) >= 11 is 0.